The Kier molecular flexibility index (Phi) is 4.14. The number of likely N-dealkylation sites (tertiary alicyclic amines) is 1. The predicted molar refractivity (Wildman–Crippen MR) is 84.1 cm³/mol. The molecule has 1 aliphatic carbocycles. The van der Waals surface area contributed by atoms with Crippen LogP contribution in [0.1, 0.15) is 25.6 Å². The minimum atomic E-state index is 0.484. The van der Waals surface area contributed by atoms with Gasteiger partial charge in [-0.1, -0.05) is 6.92 Å². The zero-order valence-electron chi connectivity index (χ0n) is 13.2. The normalized spacial score (nSPS) is 27.1. The lowest BCUT2D eigenvalue weighted by Gasteiger charge is -2.20. The van der Waals surface area contributed by atoms with Crippen LogP contribution in [-0.2, 0) is 13.6 Å². The van der Waals surface area contributed by atoms with Gasteiger partial charge in [-0.2, -0.15) is 0 Å². The monoisotopic (exact) mass is 290 g/mol. The Morgan fingerprint density at radius 3 is 2.86 bits per heavy atom. The molecule has 1 aromatic heterocycles. The highest BCUT2D eigenvalue weighted by Gasteiger charge is 2.38. The van der Waals surface area contributed by atoms with Crippen LogP contribution in [0.2, 0.25) is 0 Å². The third-order valence-corrected chi connectivity index (χ3v) is 4.58. The van der Waals surface area contributed by atoms with Gasteiger partial charge in [0.2, 0.25) is 0 Å². The van der Waals surface area contributed by atoms with Crippen LogP contribution < -0.4 is 10.6 Å². The zero-order chi connectivity index (χ0) is 14.8. The van der Waals surface area contributed by atoms with E-state index in [0.717, 1.165) is 24.4 Å². The quantitative estimate of drug-likeness (QED) is 0.629. The summed E-state index contributed by atoms with van der Waals surface area (Å²) in [4.78, 5) is 11.3. The first-order valence-electron chi connectivity index (χ1n) is 7.85. The van der Waals surface area contributed by atoms with Crippen molar-refractivity contribution < 1.29 is 0 Å². The van der Waals surface area contributed by atoms with Crippen LogP contribution in [0.25, 0.3) is 0 Å². The molecule has 0 spiro atoms. The number of nitrogens with zero attached hydrogens (tertiary/aromatic N) is 4. The SMILES string of the molecule is CN=C(NCc1nccn1C)NC1CN(C2CC2)CC1C. The zero-order valence-corrected chi connectivity index (χ0v) is 13.2. The average molecular weight is 290 g/mol. The minimum absolute atomic E-state index is 0.484. The average Bonchev–Trinajstić information content (AvgIpc) is 3.15. The van der Waals surface area contributed by atoms with E-state index in [9.17, 15) is 0 Å². The summed E-state index contributed by atoms with van der Waals surface area (Å²) >= 11 is 0. The van der Waals surface area contributed by atoms with Crippen LogP contribution in [0.5, 0.6) is 0 Å². The Labute approximate surface area is 126 Å². The highest BCUT2D eigenvalue weighted by molar-refractivity contribution is 5.80. The Morgan fingerprint density at radius 1 is 1.43 bits per heavy atom. The topological polar surface area (TPSA) is 57.5 Å². The second-order valence-electron chi connectivity index (χ2n) is 6.29. The van der Waals surface area contributed by atoms with Crippen molar-refractivity contribution in [3.05, 3.63) is 18.2 Å². The van der Waals surface area contributed by atoms with Gasteiger partial charge in [0.25, 0.3) is 0 Å². The summed E-state index contributed by atoms with van der Waals surface area (Å²) in [6.07, 6.45) is 6.54. The van der Waals surface area contributed by atoms with Gasteiger partial charge in [-0.15, -0.1) is 0 Å². The first kappa shape index (κ1) is 14.4. The van der Waals surface area contributed by atoms with Crippen molar-refractivity contribution in [2.75, 3.05) is 20.1 Å². The van der Waals surface area contributed by atoms with E-state index in [1.165, 1.54) is 19.4 Å². The van der Waals surface area contributed by atoms with Crippen LogP contribution in [0.4, 0.5) is 0 Å². The Morgan fingerprint density at radius 2 is 2.24 bits per heavy atom. The van der Waals surface area contributed by atoms with Gasteiger partial charge < -0.3 is 15.2 Å². The molecule has 2 fully saturated rings. The molecule has 1 aliphatic heterocycles. The lowest BCUT2D eigenvalue weighted by atomic mass is 10.1. The summed E-state index contributed by atoms with van der Waals surface area (Å²) < 4.78 is 2.02. The van der Waals surface area contributed by atoms with Gasteiger partial charge in [0.1, 0.15) is 5.82 Å². The molecular weight excluding hydrogens is 264 g/mol. The van der Waals surface area contributed by atoms with E-state index in [0.29, 0.717) is 18.5 Å². The first-order chi connectivity index (χ1) is 10.2. The molecule has 1 aromatic rings. The van der Waals surface area contributed by atoms with E-state index in [4.69, 9.17) is 0 Å². The van der Waals surface area contributed by atoms with Gasteiger partial charge in [-0.3, -0.25) is 9.89 Å². The molecule has 0 amide bonds. The van der Waals surface area contributed by atoms with Crippen molar-refractivity contribution in [1.82, 2.24) is 25.1 Å². The summed E-state index contributed by atoms with van der Waals surface area (Å²) in [7, 11) is 3.83. The molecule has 2 heterocycles. The Balaban J connectivity index is 1.51. The second-order valence-corrected chi connectivity index (χ2v) is 6.29. The van der Waals surface area contributed by atoms with Crippen molar-refractivity contribution in [1.29, 1.82) is 0 Å². The fourth-order valence-corrected chi connectivity index (χ4v) is 3.03. The molecule has 1 saturated carbocycles. The van der Waals surface area contributed by atoms with Crippen molar-refractivity contribution in [3.63, 3.8) is 0 Å². The van der Waals surface area contributed by atoms with Crippen molar-refractivity contribution in [2.45, 2.75) is 38.4 Å². The van der Waals surface area contributed by atoms with Crippen molar-refractivity contribution in [2.24, 2.45) is 18.0 Å². The molecule has 116 valence electrons. The number of imidazole rings is 1. The lowest BCUT2D eigenvalue weighted by molar-refractivity contribution is 0.315. The molecule has 6 heteroatoms. The molecule has 3 rings (SSSR count). The van der Waals surface area contributed by atoms with Crippen LogP contribution in [-0.4, -0.2) is 52.6 Å². The highest BCUT2D eigenvalue weighted by atomic mass is 15.3. The molecule has 2 unspecified atom stereocenters. The number of guanidine groups is 1. The molecule has 0 aromatic carbocycles. The molecule has 2 N–H and O–H groups in total. The third kappa shape index (κ3) is 3.37. The van der Waals surface area contributed by atoms with Gasteiger partial charge in [-0.25, -0.2) is 4.98 Å². The Hall–Kier alpha value is -1.56. The van der Waals surface area contributed by atoms with Gasteiger partial charge >= 0.3 is 0 Å². The smallest absolute Gasteiger partial charge is 0.191 e. The second kappa shape index (κ2) is 6.05. The van der Waals surface area contributed by atoms with E-state index < -0.39 is 0 Å². The number of hydrogen-bond donors (Lipinski definition) is 2. The molecule has 21 heavy (non-hydrogen) atoms. The number of aryl methyl sites for hydroxylation is 1. The maximum absolute atomic E-state index is 4.34. The maximum Gasteiger partial charge on any atom is 0.191 e. The number of nitrogens with one attached hydrogen (secondary N) is 2. The van der Waals surface area contributed by atoms with Crippen molar-refractivity contribution >= 4 is 5.96 Å². The summed E-state index contributed by atoms with van der Waals surface area (Å²) in [5.41, 5.74) is 0. The summed E-state index contributed by atoms with van der Waals surface area (Å²) in [5.74, 6) is 2.54. The fraction of sp³-hybridized carbons (Fsp3) is 0.733. The van der Waals surface area contributed by atoms with E-state index in [1.54, 1.807) is 0 Å². The number of aliphatic imine (C=N–C) groups is 1. The summed E-state index contributed by atoms with van der Waals surface area (Å²) in [6, 6.07) is 1.33. The largest absolute Gasteiger partial charge is 0.352 e. The first-order valence-corrected chi connectivity index (χ1v) is 7.85. The highest BCUT2D eigenvalue weighted by Crippen LogP contribution is 2.31. The van der Waals surface area contributed by atoms with Crippen LogP contribution in [0.3, 0.4) is 0 Å². The Bertz CT molecular complexity index is 504. The molecule has 2 atom stereocenters. The number of hydrogen-bond acceptors (Lipinski definition) is 3. The van der Waals surface area contributed by atoms with Crippen LogP contribution >= 0.6 is 0 Å². The maximum atomic E-state index is 4.34. The van der Waals surface area contributed by atoms with Crippen molar-refractivity contribution in [3.8, 4) is 0 Å². The number of rotatable bonds is 4. The molecule has 0 radical (unpaired) electrons. The van der Waals surface area contributed by atoms with Gasteiger partial charge in [-0.05, 0) is 18.8 Å². The van der Waals surface area contributed by atoms with E-state index >= 15 is 0 Å². The van der Waals surface area contributed by atoms with E-state index in [-0.39, 0.29) is 0 Å². The van der Waals surface area contributed by atoms with E-state index in [2.05, 4.69) is 32.4 Å². The minimum Gasteiger partial charge on any atom is -0.352 e. The number of aromatic nitrogens is 2. The lowest BCUT2D eigenvalue weighted by Crippen LogP contribution is -2.46. The van der Waals surface area contributed by atoms with Gasteiger partial charge in [0.15, 0.2) is 5.96 Å². The molecule has 6 nitrogen and oxygen atoms in total. The van der Waals surface area contributed by atoms with Gasteiger partial charge in [0, 0.05) is 51.7 Å². The van der Waals surface area contributed by atoms with E-state index in [1.807, 2.05) is 31.1 Å². The molecular formula is C15H26N6. The summed E-state index contributed by atoms with van der Waals surface area (Å²) in [6.45, 7) is 5.36. The molecule has 0 bridgehead atoms. The summed E-state index contributed by atoms with van der Waals surface area (Å²) in [5, 5.41) is 6.93. The predicted octanol–water partition coefficient (Wildman–Crippen LogP) is 0.568. The fourth-order valence-electron chi connectivity index (χ4n) is 3.03. The van der Waals surface area contributed by atoms with Crippen LogP contribution in [0.15, 0.2) is 17.4 Å². The molecule has 1 saturated heterocycles. The molecule has 2 aliphatic rings. The third-order valence-electron chi connectivity index (χ3n) is 4.58. The standard InChI is InChI=1S/C15H26N6/c1-11-9-21(12-4-5-12)10-13(11)19-15(16-2)18-8-14-17-6-7-20(14)3/h6-7,11-13H,4-5,8-10H2,1-3H3,(H2,16,18,19). The van der Waals surface area contributed by atoms with Gasteiger partial charge in [0.05, 0.1) is 6.54 Å². The van der Waals surface area contributed by atoms with Crippen LogP contribution in [0, 0.1) is 5.92 Å².